The first-order chi connectivity index (χ1) is 13.3. The molecular formula is C21H29N3O3S. The van der Waals surface area contributed by atoms with Crippen molar-refractivity contribution in [2.75, 3.05) is 33.0 Å². The van der Waals surface area contributed by atoms with Gasteiger partial charge in [-0.05, 0) is 49.1 Å². The molecule has 2 N–H and O–H groups in total. The maximum absolute atomic E-state index is 11.5. The molecule has 7 heteroatoms. The van der Waals surface area contributed by atoms with Crippen molar-refractivity contribution < 1.29 is 13.2 Å². The number of guanidine groups is 1. The van der Waals surface area contributed by atoms with E-state index in [0.717, 1.165) is 28.9 Å². The number of hydrogen-bond acceptors (Lipinski definition) is 4. The van der Waals surface area contributed by atoms with Crippen LogP contribution in [0.1, 0.15) is 16.7 Å². The van der Waals surface area contributed by atoms with E-state index in [1.165, 1.54) is 6.26 Å². The summed E-state index contributed by atoms with van der Waals surface area (Å²) in [6, 6.07) is 13.1. The molecule has 2 rings (SSSR count). The van der Waals surface area contributed by atoms with Crippen LogP contribution >= 0.6 is 0 Å². The topological polar surface area (TPSA) is 79.8 Å². The first kappa shape index (κ1) is 21.8. The Morgan fingerprint density at radius 1 is 1.00 bits per heavy atom. The van der Waals surface area contributed by atoms with Crippen molar-refractivity contribution in [2.45, 2.75) is 25.2 Å². The standard InChI is InChI=1S/C21H29N3O3S/c1-16-6-5-7-17(2)20(16)27-15-14-24-21(22-3)23-13-12-18-8-10-19(11-9-18)28(4,25)26/h5-11H,12-15H2,1-4H3,(H2,22,23,24). The van der Waals surface area contributed by atoms with Gasteiger partial charge >= 0.3 is 0 Å². The zero-order valence-electron chi connectivity index (χ0n) is 17.0. The number of hydrogen-bond donors (Lipinski definition) is 2. The summed E-state index contributed by atoms with van der Waals surface area (Å²) in [5.74, 6) is 1.64. The van der Waals surface area contributed by atoms with Crippen LogP contribution in [0, 0.1) is 13.8 Å². The minimum Gasteiger partial charge on any atom is -0.491 e. The third-order valence-electron chi connectivity index (χ3n) is 4.33. The first-order valence-electron chi connectivity index (χ1n) is 9.24. The van der Waals surface area contributed by atoms with E-state index in [4.69, 9.17) is 4.74 Å². The van der Waals surface area contributed by atoms with Crippen LogP contribution in [0.4, 0.5) is 0 Å². The summed E-state index contributed by atoms with van der Waals surface area (Å²) in [5, 5.41) is 6.48. The van der Waals surface area contributed by atoms with Gasteiger partial charge in [0, 0.05) is 19.8 Å². The largest absolute Gasteiger partial charge is 0.491 e. The van der Waals surface area contributed by atoms with E-state index >= 15 is 0 Å². The van der Waals surface area contributed by atoms with Gasteiger partial charge in [-0.3, -0.25) is 4.99 Å². The number of rotatable bonds is 8. The summed E-state index contributed by atoms with van der Waals surface area (Å²) in [5.41, 5.74) is 3.32. The molecule has 0 fully saturated rings. The quantitative estimate of drug-likeness (QED) is 0.402. The lowest BCUT2D eigenvalue weighted by Gasteiger charge is -2.14. The molecule has 0 bridgehead atoms. The van der Waals surface area contributed by atoms with Crippen LogP contribution in [0.2, 0.25) is 0 Å². The third-order valence-corrected chi connectivity index (χ3v) is 5.46. The van der Waals surface area contributed by atoms with Crippen molar-refractivity contribution in [1.29, 1.82) is 0 Å². The minimum absolute atomic E-state index is 0.338. The molecule has 2 aromatic rings. The molecule has 0 saturated carbocycles. The van der Waals surface area contributed by atoms with Crippen LogP contribution in [-0.2, 0) is 16.3 Å². The smallest absolute Gasteiger partial charge is 0.191 e. The van der Waals surface area contributed by atoms with E-state index in [1.54, 1.807) is 19.2 Å². The zero-order valence-corrected chi connectivity index (χ0v) is 17.8. The van der Waals surface area contributed by atoms with Crippen molar-refractivity contribution in [3.05, 3.63) is 59.2 Å². The van der Waals surface area contributed by atoms with Crippen LogP contribution in [-0.4, -0.2) is 47.4 Å². The second-order valence-electron chi connectivity index (χ2n) is 6.66. The number of nitrogens with one attached hydrogen (secondary N) is 2. The van der Waals surface area contributed by atoms with Crippen molar-refractivity contribution in [3.8, 4) is 5.75 Å². The lowest BCUT2D eigenvalue weighted by Crippen LogP contribution is -2.40. The molecule has 0 aliphatic carbocycles. The summed E-state index contributed by atoms with van der Waals surface area (Å²) in [6.07, 6.45) is 1.98. The average Bonchev–Trinajstić information content (AvgIpc) is 2.65. The number of aryl methyl sites for hydroxylation is 2. The molecule has 152 valence electrons. The normalized spacial score (nSPS) is 11.9. The Kier molecular flexibility index (Phi) is 7.87. The van der Waals surface area contributed by atoms with Gasteiger partial charge in [-0.1, -0.05) is 30.3 Å². The molecule has 0 aromatic heterocycles. The Balaban J connectivity index is 1.73. The number of sulfone groups is 1. The first-order valence-corrected chi connectivity index (χ1v) is 11.1. The van der Waals surface area contributed by atoms with Crippen molar-refractivity contribution in [1.82, 2.24) is 10.6 Å². The van der Waals surface area contributed by atoms with Gasteiger partial charge in [0.2, 0.25) is 0 Å². The molecule has 0 amide bonds. The Bertz CT molecular complexity index is 887. The van der Waals surface area contributed by atoms with Gasteiger partial charge in [-0.15, -0.1) is 0 Å². The summed E-state index contributed by atoms with van der Waals surface area (Å²) in [4.78, 5) is 4.54. The predicted molar refractivity (Wildman–Crippen MR) is 114 cm³/mol. The molecule has 0 unspecified atom stereocenters. The molecule has 6 nitrogen and oxygen atoms in total. The van der Waals surface area contributed by atoms with E-state index in [9.17, 15) is 8.42 Å². The van der Waals surface area contributed by atoms with E-state index in [0.29, 0.717) is 30.6 Å². The molecule has 0 aliphatic heterocycles. The van der Waals surface area contributed by atoms with E-state index < -0.39 is 9.84 Å². The Morgan fingerprint density at radius 3 is 2.18 bits per heavy atom. The highest BCUT2D eigenvalue weighted by Crippen LogP contribution is 2.21. The Morgan fingerprint density at radius 2 is 1.61 bits per heavy atom. The van der Waals surface area contributed by atoms with E-state index in [1.807, 2.05) is 44.2 Å². The molecule has 0 atom stereocenters. The SMILES string of the molecule is CN=C(NCCOc1c(C)cccc1C)NCCc1ccc(S(C)(=O)=O)cc1. The lowest BCUT2D eigenvalue weighted by molar-refractivity contribution is 0.317. The second kappa shape index (κ2) is 10.1. The van der Waals surface area contributed by atoms with Gasteiger partial charge in [0.1, 0.15) is 12.4 Å². The number of benzene rings is 2. The van der Waals surface area contributed by atoms with Crippen molar-refractivity contribution in [3.63, 3.8) is 0 Å². The van der Waals surface area contributed by atoms with Crippen LogP contribution < -0.4 is 15.4 Å². The van der Waals surface area contributed by atoms with Crippen molar-refractivity contribution >= 4 is 15.8 Å². The monoisotopic (exact) mass is 403 g/mol. The minimum atomic E-state index is -3.15. The highest BCUT2D eigenvalue weighted by atomic mass is 32.2. The summed E-state index contributed by atoms with van der Waals surface area (Å²) < 4.78 is 28.9. The molecule has 0 heterocycles. The summed E-state index contributed by atoms with van der Waals surface area (Å²) >= 11 is 0. The number of nitrogens with zero attached hydrogens (tertiary/aromatic N) is 1. The second-order valence-corrected chi connectivity index (χ2v) is 8.68. The van der Waals surface area contributed by atoms with Crippen LogP contribution in [0.5, 0.6) is 5.75 Å². The molecule has 0 radical (unpaired) electrons. The van der Waals surface area contributed by atoms with Crippen LogP contribution in [0.15, 0.2) is 52.4 Å². The molecule has 0 saturated heterocycles. The van der Waals surface area contributed by atoms with E-state index in [-0.39, 0.29) is 0 Å². The fourth-order valence-electron chi connectivity index (χ4n) is 2.80. The molecular weight excluding hydrogens is 374 g/mol. The summed E-state index contributed by atoms with van der Waals surface area (Å²) in [6.45, 7) is 5.95. The third kappa shape index (κ3) is 6.56. The fraction of sp³-hybridized carbons (Fsp3) is 0.381. The van der Waals surface area contributed by atoms with Gasteiger partial charge in [-0.25, -0.2) is 8.42 Å². The van der Waals surface area contributed by atoms with Crippen LogP contribution in [0.3, 0.4) is 0 Å². The maximum atomic E-state index is 11.5. The molecule has 2 aromatic carbocycles. The molecule has 28 heavy (non-hydrogen) atoms. The van der Waals surface area contributed by atoms with Gasteiger partial charge < -0.3 is 15.4 Å². The van der Waals surface area contributed by atoms with E-state index in [2.05, 4.69) is 15.6 Å². The highest BCUT2D eigenvalue weighted by Gasteiger charge is 2.06. The predicted octanol–water partition coefficient (Wildman–Crippen LogP) is 2.49. The number of para-hydroxylation sites is 1. The van der Waals surface area contributed by atoms with Gasteiger partial charge in [0.25, 0.3) is 0 Å². The Hall–Kier alpha value is -2.54. The van der Waals surface area contributed by atoms with Gasteiger partial charge in [-0.2, -0.15) is 0 Å². The zero-order chi connectivity index (χ0) is 20.6. The summed E-state index contributed by atoms with van der Waals surface area (Å²) in [7, 11) is -1.43. The lowest BCUT2D eigenvalue weighted by atomic mass is 10.1. The fourth-order valence-corrected chi connectivity index (χ4v) is 3.43. The van der Waals surface area contributed by atoms with Gasteiger partial charge in [0.15, 0.2) is 15.8 Å². The Labute approximate surface area is 168 Å². The maximum Gasteiger partial charge on any atom is 0.191 e. The molecule has 0 spiro atoms. The average molecular weight is 404 g/mol. The highest BCUT2D eigenvalue weighted by molar-refractivity contribution is 7.90. The van der Waals surface area contributed by atoms with Gasteiger partial charge in [0.05, 0.1) is 11.4 Å². The van der Waals surface area contributed by atoms with Crippen LogP contribution in [0.25, 0.3) is 0 Å². The molecule has 0 aliphatic rings. The number of ether oxygens (including phenoxy) is 1. The number of aliphatic imine (C=N–C) groups is 1. The van der Waals surface area contributed by atoms with Crippen molar-refractivity contribution in [2.24, 2.45) is 4.99 Å².